The molecular weight excluding hydrogens is 830 g/mol. The molecule has 0 saturated heterocycles. The lowest BCUT2D eigenvalue weighted by Crippen LogP contribution is -2.58. The van der Waals surface area contributed by atoms with Crippen LogP contribution in [0.4, 0.5) is 10.5 Å². The Hall–Kier alpha value is -5.71. The third kappa shape index (κ3) is 28.5. The molecule has 0 aliphatic rings. The number of nitrogens with two attached hydrogens (primary N) is 1. The smallest absolute Gasteiger partial charge is 0.312 e. The third-order valence-corrected chi connectivity index (χ3v) is 8.67. The van der Waals surface area contributed by atoms with Crippen molar-refractivity contribution in [2.75, 3.05) is 71.3 Å². The summed E-state index contributed by atoms with van der Waals surface area (Å²) in [5.74, 6) is -5.16. The molecule has 0 aliphatic carbocycles. The van der Waals surface area contributed by atoms with E-state index in [1.54, 1.807) is 38.1 Å². The molecule has 63 heavy (non-hydrogen) atoms. The van der Waals surface area contributed by atoms with Crippen molar-refractivity contribution in [3.05, 3.63) is 29.8 Å². The summed E-state index contributed by atoms with van der Waals surface area (Å²) < 4.78 is 26.6. The zero-order chi connectivity index (χ0) is 47.0. The summed E-state index contributed by atoms with van der Waals surface area (Å²) >= 11 is 0. The number of anilines is 1. The maximum atomic E-state index is 13.6. The van der Waals surface area contributed by atoms with Gasteiger partial charge in [0, 0.05) is 51.4 Å². The van der Waals surface area contributed by atoms with Gasteiger partial charge < -0.3 is 71.2 Å². The van der Waals surface area contributed by atoms with Crippen LogP contribution in [-0.2, 0) is 68.6 Å². The molecule has 1 aromatic rings. The van der Waals surface area contributed by atoms with Crippen molar-refractivity contribution >= 4 is 59.0 Å². The van der Waals surface area contributed by atoms with E-state index >= 15 is 0 Å². The SMILES string of the molecule is CC(=O)CCC(=O)NCCOCCOCCOCCOCCC(=O)N[C@@H](CCC(=O)O)C(=O)N[C@H](C(=O)N[C@@H](CCCNC(N)=O)C(=O)Nc1ccc(COC(C)=O)cc1)C(C)C. The average molecular weight is 896 g/mol. The molecule has 22 heteroatoms. The van der Waals surface area contributed by atoms with Gasteiger partial charge in [-0.05, 0) is 49.8 Å². The number of ketones is 1. The van der Waals surface area contributed by atoms with Crippen LogP contribution < -0.4 is 37.6 Å². The summed E-state index contributed by atoms with van der Waals surface area (Å²) in [5, 5.41) is 24.9. The van der Waals surface area contributed by atoms with Crippen LogP contribution in [0.2, 0.25) is 0 Å². The predicted molar refractivity (Wildman–Crippen MR) is 226 cm³/mol. The summed E-state index contributed by atoms with van der Waals surface area (Å²) in [5.41, 5.74) is 6.20. The van der Waals surface area contributed by atoms with Crippen LogP contribution in [0.15, 0.2) is 24.3 Å². The van der Waals surface area contributed by atoms with E-state index in [1.165, 1.54) is 13.8 Å². The number of carbonyl (C=O) groups excluding carboxylic acids is 8. The van der Waals surface area contributed by atoms with Crippen molar-refractivity contribution in [2.24, 2.45) is 11.7 Å². The van der Waals surface area contributed by atoms with Crippen LogP contribution in [-0.4, -0.2) is 142 Å². The number of rotatable bonds is 35. The highest BCUT2D eigenvalue weighted by Crippen LogP contribution is 2.13. The molecule has 0 bridgehead atoms. The highest BCUT2D eigenvalue weighted by molar-refractivity contribution is 5.99. The number of primary amides is 1. The van der Waals surface area contributed by atoms with Gasteiger partial charge in [0.05, 0.1) is 52.9 Å². The van der Waals surface area contributed by atoms with Crippen LogP contribution in [0.5, 0.6) is 0 Å². The van der Waals surface area contributed by atoms with E-state index in [-0.39, 0.29) is 89.8 Å². The number of aliphatic carboxylic acids is 1. The van der Waals surface area contributed by atoms with E-state index in [4.69, 9.17) is 29.4 Å². The number of hydrogen-bond acceptors (Lipinski definition) is 14. The molecule has 0 unspecified atom stereocenters. The Morgan fingerprint density at radius 2 is 1.21 bits per heavy atom. The second-order valence-corrected chi connectivity index (χ2v) is 14.5. The first kappa shape index (κ1) is 55.3. The lowest BCUT2D eigenvalue weighted by Gasteiger charge is -2.27. The fraction of sp³-hybridized carbons (Fsp3) is 0.634. The van der Waals surface area contributed by atoms with Gasteiger partial charge in [-0.3, -0.25) is 33.6 Å². The molecule has 0 aromatic heterocycles. The Morgan fingerprint density at radius 3 is 1.76 bits per heavy atom. The van der Waals surface area contributed by atoms with Crippen LogP contribution in [0.25, 0.3) is 0 Å². The van der Waals surface area contributed by atoms with Crippen LogP contribution >= 0.6 is 0 Å². The number of ether oxygens (including phenoxy) is 5. The number of hydrogen-bond donors (Lipinski definition) is 8. The standard InChI is InChI=1S/C41H65N7O15/c1-27(2)37(40(57)47-32(6-5-16-44-41(42)58)38(55)45-31-10-8-30(9-11-31)26-63-29(4)50)48-39(56)33(12-14-36(53)54)46-35(52)15-18-59-20-22-61-24-25-62-23-21-60-19-17-43-34(51)13-7-28(3)49/h8-11,27,32-33,37H,5-7,12-26H2,1-4H3,(H,43,51)(H,45,55)(H,46,52)(H,47,57)(H,48,56)(H,53,54)(H3,42,44,58)/t32-,33-,37-/m0/s1. The molecular formula is C41H65N7O15. The van der Waals surface area contributed by atoms with Crippen LogP contribution in [0.1, 0.15) is 78.2 Å². The van der Waals surface area contributed by atoms with Crippen molar-refractivity contribution < 1.29 is 71.9 Å². The first-order valence-electron chi connectivity index (χ1n) is 20.7. The molecule has 22 nitrogen and oxygen atoms in total. The number of carboxylic acid groups (broad SMARTS) is 1. The van der Waals surface area contributed by atoms with Gasteiger partial charge in [-0.15, -0.1) is 0 Å². The number of Topliss-reactive ketones (excluding diaryl/α,β-unsaturated/α-hetero) is 1. The predicted octanol–water partition coefficient (Wildman–Crippen LogP) is 0.0538. The maximum absolute atomic E-state index is 13.6. The molecule has 1 aromatic carbocycles. The number of amides is 7. The minimum absolute atomic E-state index is 0.0264. The first-order chi connectivity index (χ1) is 30.0. The summed E-state index contributed by atoms with van der Waals surface area (Å²) in [6.45, 7) is 8.37. The molecule has 3 atom stereocenters. The van der Waals surface area contributed by atoms with Gasteiger partial charge >= 0.3 is 18.0 Å². The summed E-state index contributed by atoms with van der Waals surface area (Å²) in [6.07, 6.45) is -0.235. The van der Waals surface area contributed by atoms with E-state index in [2.05, 4.69) is 31.9 Å². The van der Waals surface area contributed by atoms with E-state index in [0.717, 1.165) is 0 Å². The largest absolute Gasteiger partial charge is 0.481 e. The fourth-order valence-electron chi connectivity index (χ4n) is 5.31. The van der Waals surface area contributed by atoms with Crippen LogP contribution in [0, 0.1) is 5.92 Å². The van der Waals surface area contributed by atoms with Gasteiger partial charge in [0.15, 0.2) is 0 Å². The number of urea groups is 1. The number of esters is 1. The fourth-order valence-corrected chi connectivity index (χ4v) is 5.31. The van der Waals surface area contributed by atoms with Crippen molar-refractivity contribution in [1.29, 1.82) is 0 Å². The third-order valence-electron chi connectivity index (χ3n) is 8.67. The summed E-state index contributed by atoms with van der Waals surface area (Å²) in [4.78, 5) is 109. The Labute approximate surface area is 367 Å². The molecule has 0 radical (unpaired) electrons. The molecule has 1 rings (SSSR count). The Balaban J connectivity index is 2.62. The zero-order valence-corrected chi connectivity index (χ0v) is 36.6. The van der Waals surface area contributed by atoms with E-state index < -0.39 is 72.1 Å². The lowest BCUT2D eigenvalue weighted by atomic mass is 10.0. The molecule has 354 valence electrons. The monoisotopic (exact) mass is 895 g/mol. The quantitative estimate of drug-likeness (QED) is 0.0330. The topological polar surface area (TPSA) is 318 Å². The minimum atomic E-state index is -1.32. The Bertz CT molecular complexity index is 1610. The zero-order valence-electron chi connectivity index (χ0n) is 36.6. The van der Waals surface area contributed by atoms with E-state index in [1.807, 2.05) is 0 Å². The van der Waals surface area contributed by atoms with Crippen molar-refractivity contribution in [1.82, 2.24) is 26.6 Å². The molecule has 0 heterocycles. The summed E-state index contributed by atoms with van der Waals surface area (Å²) in [6, 6.07) is 2.04. The highest BCUT2D eigenvalue weighted by Gasteiger charge is 2.31. The van der Waals surface area contributed by atoms with Gasteiger partial charge in [0.25, 0.3) is 0 Å². The maximum Gasteiger partial charge on any atom is 0.312 e. The molecule has 0 aliphatic heterocycles. The molecule has 9 N–H and O–H groups in total. The van der Waals surface area contributed by atoms with Crippen molar-refractivity contribution in [3.63, 3.8) is 0 Å². The number of benzene rings is 1. The number of carboxylic acids is 1. The highest BCUT2D eigenvalue weighted by atomic mass is 16.6. The van der Waals surface area contributed by atoms with Gasteiger partial charge in [-0.1, -0.05) is 26.0 Å². The Kier molecular flexibility index (Phi) is 28.9. The molecule has 7 amide bonds. The molecule has 0 fully saturated rings. The lowest BCUT2D eigenvalue weighted by molar-refractivity contribution is -0.142. The van der Waals surface area contributed by atoms with Crippen molar-refractivity contribution in [2.45, 2.75) is 97.4 Å². The summed E-state index contributed by atoms with van der Waals surface area (Å²) in [7, 11) is 0. The molecule has 0 saturated carbocycles. The Morgan fingerprint density at radius 1 is 0.619 bits per heavy atom. The molecule has 0 spiro atoms. The number of nitrogens with one attached hydrogen (secondary N) is 6. The van der Waals surface area contributed by atoms with Gasteiger partial charge in [-0.25, -0.2) is 4.79 Å². The minimum Gasteiger partial charge on any atom is -0.481 e. The average Bonchev–Trinajstić information content (AvgIpc) is 3.22. The normalized spacial score (nSPS) is 12.3. The van der Waals surface area contributed by atoms with Gasteiger partial charge in [0.2, 0.25) is 29.5 Å². The first-order valence-corrected chi connectivity index (χ1v) is 20.7. The second-order valence-electron chi connectivity index (χ2n) is 14.5. The van der Waals surface area contributed by atoms with E-state index in [0.29, 0.717) is 44.2 Å². The van der Waals surface area contributed by atoms with Crippen molar-refractivity contribution in [3.8, 4) is 0 Å². The van der Waals surface area contributed by atoms with Gasteiger partial charge in [-0.2, -0.15) is 0 Å². The van der Waals surface area contributed by atoms with Crippen LogP contribution in [0.3, 0.4) is 0 Å². The van der Waals surface area contributed by atoms with Gasteiger partial charge in [0.1, 0.15) is 30.5 Å². The van der Waals surface area contributed by atoms with E-state index in [9.17, 15) is 48.3 Å². The number of carbonyl (C=O) groups is 9. The second kappa shape index (κ2) is 32.9.